The number of esters is 1. The third kappa shape index (κ3) is 4.01. The van der Waals surface area contributed by atoms with Crippen molar-refractivity contribution in [2.45, 2.75) is 26.0 Å². The van der Waals surface area contributed by atoms with Gasteiger partial charge in [-0.3, -0.25) is 9.78 Å². The van der Waals surface area contributed by atoms with Gasteiger partial charge in [-0.05, 0) is 32.2 Å². The number of carbonyl (C=O) groups is 2. The number of nitrogens with one attached hydrogen (secondary N) is 1. The molecule has 1 N–H and O–H groups in total. The van der Waals surface area contributed by atoms with Gasteiger partial charge in [-0.25, -0.2) is 4.79 Å². The summed E-state index contributed by atoms with van der Waals surface area (Å²) in [5.41, 5.74) is 3.49. The number of benzene rings is 2. The largest absolute Gasteiger partial charge is 0.449 e. The Bertz CT molecular complexity index is 1130. The maximum atomic E-state index is 13.2. The van der Waals surface area contributed by atoms with E-state index < -0.39 is 18.0 Å². The van der Waals surface area contributed by atoms with E-state index >= 15 is 0 Å². The molecule has 30 heavy (non-hydrogen) atoms. The lowest BCUT2D eigenvalue weighted by Crippen LogP contribution is -2.32. The first-order chi connectivity index (χ1) is 14.4. The van der Waals surface area contributed by atoms with Crippen LogP contribution in [0.15, 0.2) is 48.5 Å². The molecule has 0 bridgehead atoms. The van der Waals surface area contributed by atoms with E-state index in [1.165, 1.54) is 0 Å². The minimum absolute atomic E-state index is 0.418. The van der Waals surface area contributed by atoms with Crippen LogP contribution in [0.25, 0.3) is 10.9 Å². The van der Waals surface area contributed by atoms with Gasteiger partial charge >= 0.3 is 5.97 Å². The minimum atomic E-state index is -0.988. The third-order valence-corrected chi connectivity index (χ3v) is 5.56. The van der Waals surface area contributed by atoms with Gasteiger partial charge in [0.1, 0.15) is 0 Å². The first kappa shape index (κ1) is 20.3. The minimum Gasteiger partial charge on any atom is -0.449 e. The SMILES string of the molecule is CC(OC(=O)c1c2c(nc3ccccc13)CCN(C)C2)C(=O)Nc1ccccc1Cl. The number of para-hydroxylation sites is 2. The monoisotopic (exact) mass is 423 g/mol. The normalized spacial score (nSPS) is 14.8. The van der Waals surface area contributed by atoms with Crippen molar-refractivity contribution < 1.29 is 14.3 Å². The van der Waals surface area contributed by atoms with Crippen molar-refractivity contribution in [1.29, 1.82) is 0 Å². The molecule has 0 saturated carbocycles. The quantitative estimate of drug-likeness (QED) is 0.641. The van der Waals surface area contributed by atoms with Crippen LogP contribution in [-0.2, 0) is 22.5 Å². The van der Waals surface area contributed by atoms with Crippen molar-refractivity contribution in [3.63, 3.8) is 0 Å². The molecule has 2 heterocycles. The molecule has 0 fully saturated rings. The Morgan fingerprint density at radius 3 is 2.70 bits per heavy atom. The number of carbonyl (C=O) groups excluding carboxylic acids is 2. The number of hydrogen-bond acceptors (Lipinski definition) is 5. The van der Waals surface area contributed by atoms with Crippen LogP contribution in [0, 0.1) is 0 Å². The van der Waals surface area contributed by atoms with Crippen LogP contribution < -0.4 is 5.32 Å². The van der Waals surface area contributed by atoms with Gasteiger partial charge in [-0.1, -0.05) is 41.9 Å². The summed E-state index contributed by atoms with van der Waals surface area (Å²) in [4.78, 5) is 32.7. The number of ether oxygens (including phenoxy) is 1. The highest BCUT2D eigenvalue weighted by atomic mass is 35.5. The zero-order valence-electron chi connectivity index (χ0n) is 16.8. The zero-order chi connectivity index (χ0) is 21.3. The highest BCUT2D eigenvalue weighted by Gasteiger charge is 2.27. The molecule has 1 aromatic heterocycles. The number of rotatable bonds is 4. The lowest BCUT2D eigenvalue weighted by Gasteiger charge is -2.27. The van der Waals surface area contributed by atoms with Crippen molar-refractivity contribution in [3.05, 3.63) is 70.4 Å². The number of aromatic nitrogens is 1. The topological polar surface area (TPSA) is 71.5 Å². The van der Waals surface area contributed by atoms with Crippen molar-refractivity contribution in [1.82, 2.24) is 9.88 Å². The Kier molecular flexibility index (Phi) is 5.70. The van der Waals surface area contributed by atoms with Crippen LogP contribution >= 0.6 is 11.6 Å². The molecule has 1 atom stereocenters. The standard InChI is InChI=1S/C23H22ClN3O3/c1-14(22(28)26-20-10-6-4-8-17(20)24)30-23(29)21-15-7-3-5-9-18(15)25-19-11-12-27(2)13-16(19)21/h3-10,14H,11-13H2,1-2H3,(H,26,28). The first-order valence-corrected chi connectivity index (χ1v) is 10.2. The Balaban J connectivity index is 1.62. The lowest BCUT2D eigenvalue weighted by molar-refractivity contribution is -0.123. The van der Waals surface area contributed by atoms with Gasteiger partial charge in [0.25, 0.3) is 5.91 Å². The van der Waals surface area contributed by atoms with Gasteiger partial charge in [-0.2, -0.15) is 0 Å². The van der Waals surface area contributed by atoms with Crippen molar-refractivity contribution in [2.75, 3.05) is 18.9 Å². The molecule has 0 radical (unpaired) electrons. The molecular formula is C23H22ClN3O3. The average molecular weight is 424 g/mol. The Morgan fingerprint density at radius 2 is 1.90 bits per heavy atom. The van der Waals surface area contributed by atoms with Crippen molar-refractivity contribution >= 4 is 40.1 Å². The molecule has 0 aliphatic carbocycles. The fourth-order valence-electron chi connectivity index (χ4n) is 3.63. The molecule has 2 aromatic carbocycles. The van der Waals surface area contributed by atoms with Gasteiger partial charge in [0.05, 0.1) is 21.8 Å². The second-order valence-corrected chi connectivity index (χ2v) is 7.84. The Labute approximate surface area is 179 Å². The van der Waals surface area contributed by atoms with E-state index in [-0.39, 0.29) is 0 Å². The molecule has 0 spiro atoms. The number of halogens is 1. The molecule has 1 unspecified atom stereocenters. The fraction of sp³-hybridized carbons (Fsp3) is 0.261. The van der Waals surface area contributed by atoms with E-state index in [1.54, 1.807) is 31.2 Å². The fourth-order valence-corrected chi connectivity index (χ4v) is 3.81. The summed E-state index contributed by atoms with van der Waals surface area (Å²) in [7, 11) is 2.01. The molecule has 1 amide bonds. The zero-order valence-corrected chi connectivity index (χ0v) is 17.6. The molecule has 7 heteroatoms. The maximum Gasteiger partial charge on any atom is 0.339 e. The van der Waals surface area contributed by atoms with Crippen molar-refractivity contribution in [3.8, 4) is 0 Å². The van der Waals surface area contributed by atoms with Crippen LogP contribution in [0.3, 0.4) is 0 Å². The highest BCUT2D eigenvalue weighted by molar-refractivity contribution is 6.33. The summed E-state index contributed by atoms with van der Waals surface area (Å²) in [6.07, 6.45) is -0.225. The molecule has 6 nitrogen and oxygen atoms in total. The van der Waals surface area contributed by atoms with Gasteiger partial charge in [-0.15, -0.1) is 0 Å². The van der Waals surface area contributed by atoms with Crippen LogP contribution in [0.5, 0.6) is 0 Å². The molecule has 154 valence electrons. The van der Waals surface area contributed by atoms with E-state index in [2.05, 4.69) is 10.2 Å². The van der Waals surface area contributed by atoms with Crippen LogP contribution in [0.2, 0.25) is 5.02 Å². The Morgan fingerprint density at radius 1 is 1.17 bits per heavy atom. The van der Waals surface area contributed by atoms with E-state index in [0.29, 0.717) is 22.8 Å². The van der Waals surface area contributed by atoms with Gasteiger partial charge in [0.2, 0.25) is 0 Å². The van der Waals surface area contributed by atoms with Crippen LogP contribution in [-0.4, -0.2) is 41.5 Å². The molecule has 3 aromatic rings. The van der Waals surface area contributed by atoms with Gasteiger partial charge in [0, 0.05) is 36.2 Å². The van der Waals surface area contributed by atoms with Gasteiger partial charge < -0.3 is 15.0 Å². The summed E-state index contributed by atoms with van der Waals surface area (Å²) < 4.78 is 5.58. The number of pyridine rings is 1. The maximum absolute atomic E-state index is 13.2. The van der Waals surface area contributed by atoms with Gasteiger partial charge in [0.15, 0.2) is 6.10 Å². The number of fused-ring (bicyclic) bond motifs is 2. The first-order valence-electron chi connectivity index (χ1n) is 9.79. The summed E-state index contributed by atoms with van der Waals surface area (Å²) >= 11 is 6.10. The van der Waals surface area contributed by atoms with Crippen LogP contribution in [0.4, 0.5) is 5.69 Å². The summed E-state index contributed by atoms with van der Waals surface area (Å²) in [5, 5.41) is 3.85. The summed E-state index contributed by atoms with van der Waals surface area (Å²) in [5.74, 6) is -0.970. The molecule has 1 aliphatic rings. The third-order valence-electron chi connectivity index (χ3n) is 5.23. The molecule has 1 aliphatic heterocycles. The average Bonchev–Trinajstić information content (AvgIpc) is 2.73. The van der Waals surface area contributed by atoms with E-state index in [4.69, 9.17) is 21.3 Å². The van der Waals surface area contributed by atoms with E-state index in [9.17, 15) is 9.59 Å². The lowest BCUT2D eigenvalue weighted by atomic mass is 9.96. The number of nitrogens with zero attached hydrogens (tertiary/aromatic N) is 2. The highest BCUT2D eigenvalue weighted by Crippen LogP contribution is 2.29. The summed E-state index contributed by atoms with van der Waals surface area (Å²) in [6.45, 7) is 3.04. The molecule has 4 rings (SSSR count). The van der Waals surface area contributed by atoms with Crippen LogP contribution in [0.1, 0.15) is 28.5 Å². The number of likely N-dealkylation sites (N-methyl/N-ethyl adjacent to an activating group) is 1. The van der Waals surface area contributed by atoms with E-state index in [0.717, 1.165) is 35.1 Å². The number of amides is 1. The van der Waals surface area contributed by atoms with E-state index in [1.807, 2.05) is 31.3 Å². The number of anilines is 1. The molecular weight excluding hydrogens is 402 g/mol. The molecule has 0 saturated heterocycles. The van der Waals surface area contributed by atoms with Crippen molar-refractivity contribution in [2.24, 2.45) is 0 Å². The smallest absolute Gasteiger partial charge is 0.339 e. The Hall–Kier alpha value is -2.96. The predicted octanol–water partition coefficient (Wildman–Crippen LogP) is 4.06. The second kappa shape index (κ2) is 8.42. The summed E-state index contributed by atoms with van der Waals surface area (Å²) in [6, 6.07) is 14.4. The number of hydrogen-bond donors (Lipinski definition) is 1. The second-order valence-electron chi connectivity index (χ2n) is 7.43. The predicted molar refractivity (Wildman–Crippen MR) is 117 cm³/mol.